The number of hydrogen-bond donors (Lipinski definition) is 1. The van der Waals surface area contributed by atoms with Gasteiger partial charge in [-0.25, -0.2) is 0 Å². The lowest BCUT2D eigenvalue weighted by Crippen LogP contribution is -2.53. The summed E-state index contributed by atoms with van der Waals surface area (Å²) < 4.78 is 0. The molecule has 1 atom stereocenters. The van der Waals surface area contributed by atoms with Crippen molar-refractivity contribution < 1.29 is 0 Å². The average molecular weight is 251 g/mol. The summed E-state index contributed by atoms with van der Waals surface area (Å²) in [4.78, 5) is 2.55. The molecule has 1 unspecified atom stereocenters. The van der Waals surface area contributed by atoms with Crippen molar-refractivity contribution in [1.29, 1.82) is 5.26 Å². The van der Waals surface area contributed by atoms with Crippen molar-refractivity contribution in [2.24, 2.45) is 5.92 Å². The summed E-state index contributed by atoms with van der Waals surface area (Å²) in [5.74, 6) is 0.662. The third kappa shape index (κ3) is 4.59. The summed E-state index contributed by atoms with van der Waals surface area (Å²) in [5, 5.41) is 12.7. The molecule has 0 aliphatic heterocycles. The van der Waals surface area contributed by atoms with Gasteiger partial charge in [-0.2, -0.15) is 5.26 Å². The van der Waals surface area contributed by atoms with Crippen molar-refractivity contribution in [3.63, 3.8) is 0 Å². The summed E-state index contributed by atoms with van der Waals surface area (Å²) in [7, 11) is 0. The van der Waals surface area contributed by atoms with Crippen LogP contribution in [-0.4, -0.2) is 36.1 Å². The number of nitrogens with one attached hydrogen (secondary N) is 1. The van der Waals surface area contributed by atoms with Crippen LogP contribution in [-0.2, 0) is 0 Å². The Balaban J connectivity index is 2.67. The molecule has 3 nitrogen and oxygen atoms in total. The number of hydrogen-bond acceptors (Lipinski definition) is 3. The van der Waals surface area contributed by atoms with Crippen LogP contribution >= 0.6 is 0 Å². The van der Waals surface area contributed by atoms with Crippen molar-refractivity contribution in [3.05, 3.63) is 0 Å². The highest BCUT2D eigenvalue weighted by molar-refractivity contribution is 5.06. The predicted octanol–water partition coefficient (Wildman–Crippen LogP) is 2.78. The first kappa shape index (κ1) is 15.5. The lowest BCUT2D eigenvalue weighted by Gasteiger charge is -2.36. The highest BCUT2D eigenvalue weighted by Gasteiger charge is 2.31. The van der Waals surface area contributed by atoms with E-state index < -0.39 is 5.54 Å². The van der Waals surface area contributed by atoms with Crippen LogP contribution in [0, 0.1) is 17.2 Å². The van der Waals surface area contributed by atoms with Gasteiger partial charge < -0.3 is 0 Å². The number of likely N-dealkylation sites (N-methyl/N-ethyl adjacent to an activating group) is 1. The minimum Gasteiger partial charge on any atom is -0.299 e. The Labute approximate surface area is 113 Å². The van der Waals surface area contributed by atoms with Crippen LogP contribution in [0.4, 0.5) is 0 Å². The first-order valence-electron chi connectivity index (χ1n) is 7.41. The van der Waals surface area contributed by atoms with Crippen molar-refractivity contribution in [3.8, 4) is 6.07 Å². The first-order valence-corrected chi connectivity index (χ1v) is 7.41. The molecular formula is C15H29N3. The minimum atomic E-state index is -0.410. The van der Waals surface area contributed by atoms with E-state index in [2.05, 4.69) is 37.1 Å². The van der Waals surface area contributed by atoms with E-state index in [0.29, 0.717) is 12.0 Å². The molecule has 0 aromatic carbocycles. The smallest absolute Gasteiger partial charge is 0.116 e. The molecule has 0 bridgehead atoms. The second kappa shape index (κ2) is 7.11. The van der Waals surface area contributed by atoms with E-state index >= 15 is 0 Å². The fourth-order valence-corrected chi connectivity index (χ4v) is 3.01. The first-order chi connectivity index (χ1) is 8.50. The topological polar surface area (TPSA) is 39.1 Å². The van der Waals surface area contributed by atoms with Gasteiger partial charge >= 0.3 is 0 Å². The van der Waals surface area contributed by atoms with E-state index in [1.165, 1.54) is 25.7 Å². The summed E-state index contributed by atoms with van der Waals surface area (Å²) >= 11 is 0. The van der Waals surface area contributed by atoms with Crippen molar-refractivity contribution >= 4 is 0 Å². The number of nitrogens with zero attached hydrogens (tertiary/aromatic N) is 2. The standard InChI is InChI=1S/C15H29N3/c1-5-17-15(4,11-16)12-18(10-13(2)3)14-8-6-7-9-14/h13-14,17H,5-10,12H2,1-4H3. The predicted molar refractivity (Wildman–Crippen MR) is 76.4 cm³/mol. The van der Waals surface area contributed by atoms with Gasteiger partial charge in [-0.05, 0) is 32.2 Å². The van der Waals surface area contributed by atoms with E-state index in [1.807, 2.05) is 6.92 Å². The SMILES string of the molecule is CCNC(C)(C#N)CN(CC(C)C)C1CCCC1. The van der Waals surface area contributed by atoms with E-state index in [1.54, 1.807) is 0 Å². The lowest BCUT2D eigenvalue weighted by atomic mass is 10.0. The zero-order valence-corrected chi connectivity index (χ0v) is 12.5. The van der Waals surface area contributed by atoms with Gasteiger partial charge in [-0.1, -0.05) is 33.6 Å². The average Bonchev–Trinajstić information content (AvgIpc) is 2.81. The molecule has 1 N–H and O–H groups in total. The van der Waals surface area contributed by atoms with Crippen molar-refractivity contribution in [2.75, 3.05) is 19.6 Å². The largest absolute Gasteiger partial charge is 0.299 e. The normalized spacial score (nSPS) is 20.3. The van der Waals surface area contributed by atoms with E-state index in [-0.39, 0.29) is 0 Å². The Kier molecular flexibility index (Phi) is 6.11. The summed E-state index contributed by atoms with van der Waals surface area (Å²) in [5.41, 5.74) is -0.410. The lowest BCUT2D eigenvalue weighted by molar-refractivity contribution is 0.145. The highest BCUT2D eigenvalue weighted by atomic mass is 15.2. The monoisotopic (exact) mass is 251 g/mol. The van der Waals surface area contributed by atoms with Crippen LogP contribution in [0.2, 0.25) is 0 Å². The van der Waals surface area contributed by atoms with Gasteiger partial charge in [0, 0.05) is 19.1 Å². The van der Waals surface area contributed by atoms with Crippen LogP contribution in [0.15, 0.2) is 0 Å². The Bertz CT molecular complexity index is 276. The molecule has 3 heteroatoms. The molecule has 104 valence electrons. The third-order valence-corrected chi connectivity index (χ3v) is 3.77. The Morgan fingerprint density at radius 3 is 2.44 bits per heavy atom. The molecule has 0 saturated heterocycles. The molecule has 1 saturated carbocycles. The van der Waals surface area contributed by atoms with Gasteiger partial charge in [0.15, 0.2) is 0 Å². The molecule has 0 radical (unpaired) electrons. The van der Waals surface area contributed by atoms with Gasteiger partial charge in [0.05, 0.1) is 6.07 Å². The molecule has 1 fully saturated rings. The van der Waals surface area contributed by atoms with Gasteiger partial charge in [0.25, 0.3) is 0 Å². The van der Waals surface area contributed by atoms with Gasteiger partial charge in [0.2, 0.25) is 0 Å². The molecule has 1 aliphatic rings. The second-order valence-corrected chi connectivity index (χ2v) is 6.24. The Morgan fingerprint density at radius 2 is 2.00 bits per heavy atom. The maximum absolute atomic E-state index is 9.40. The van der Waals surface area contributed by atoms with Gasteiger partial charge in [-0.15, -0.1) is 0 Å². The van der Waals surface area contributed by atoms with E-state index in [4.69, 9.17) is 0 Å². The van der Waals surface area contributed by atoms with Crippen LogP contribution in [0.3, 0.4) is 0 Å². The Morgan fingerprint density at radius 1 is 1.39 bits per heavy atom. The second-order valence-electron chi connectivity index (χ2n) is 6.24. The molecule has 0 aromatic heterocycles. The fraction of sp³-hybridized carbons (Fsp3) is 0.933. The van der Waals surface area contributed by atoms with Crippen LogP contribution < -0.4 is 5.32 Å². The quantitative estimate of drug-likeness (QED) is 0.756. The zero-order valence-electron chi connectivity index (χ0n) is 12.5. The van der Waals surface area contributed by atoms with E-state index in [9.17, 15) is 5.26 Å². The molecule has 0 heterocycles. The summed E-state index contributed by atoms with van der Waals surface area (Å²) in [6.07, 6.45) is 5.31. The summed E-state index contributed by atoms with van der Waals surface area (Å²) in [6.45, 7) is 11.4. The number of rotatable bonds is 7. The fourth-order valence-electron chi connectivity index (χ4n) is 3.01. The van der Waals surface area contributed by atoms with Crippen LogP contribution in [0.25, 0.3) is 0 Å². The molecule has 0 spiro atoms. The van der Waals surface area contributed by atoms with E-state index in [0.717, 1.165) is 19.6 Å². The van der Waals surface area contributed by atoms with Gasteiger partial charge in [0.1, 0.15) is 5.54 Å². The third-order valence-electron chi connectivity index (χ3n) is 3.77. The highest BCUT2D eigenvalue weighted by Crippen LogP contribution is 2.25. The molecule has 1 rings (SSSR count). The van der Waals surface area contributed by atoms with Crippen LogP contribution in [0.1, 0.15) is 53.4 Å². The maximum atomic E-state index is 9.40. The zero-order chi connectivity index (χ0) is 13.6. The van der Waals surface area contributed by atoms with Gasteiger partial charge in [-0.3, -0.25) is 10.2 Å². The maximum Gasteiger partial charge on any atom is 0.116 e. The molecule has 18 heavy (non-hydrogen) atoms. The Hall–Kier alpha value is -0.590. The molecule has 1 aliphatic carbocycles. The van der Waals surface area contributed by atoms with Crippen LogP contribution in [0.5, 0.6) is 0 Å². The van der Waals surface area contributed by atoms with Crippen molar-refractivity contribution in [2.45, 2.75) is 65.0 Å². The number of nitriles is 1. The molecular weight excluding hydrogens is 222 g/mol. The molecule has 0 amide bonds. The summed E-state index contributed by atoms with van der Waals surface area (Å²) in [6, 6.07) is 3.15. The van der Waals surface area contributed by atoms with Crippen molar-refractivity contribution in [1.82, 2.24) is 10.2 Å². The molecule has 0 aromatic rings. The minimum absolute atomic E-state index is 0.410.